The number of nitrogens with zero attached hydrogens (tertiary/aromatic N) is 1. The lowest BCUT2D eigenvalue weighted by Crippen LogP contribution is -2.00. The van der Waals surface area contributed by atoms with Gasteiger partial charge in [0.05, 0.1) is 18.1 Å². The number of rotatable bonds is 4. The Morgan fingerprint density at radius 2 is 1.80 bits per heavy atom. The fraction of sp³-hybridized carbons (Fsp3) is 0.0667. The van der Waals surface area contributed by atoms with E-state index in [2.05, 4.69) is 0 Å². The van der Waals surface area contributed by atoms with Crippen LogP contribution in [0.2, 0.25) is 0 Å². The molecule has 2 aromatic rings. The van der Waals surface area contributed by atoms with Crippen molar-refractivity contribution in [1.29, 1.82) is 5.26 Å². The van der Waals surface area contributed by atoms with E-state index in [0.717, 1.165) is 9.79 Å². The van der Waals surface area contributed by atoms with Gasteiger partial charge < -0.3 is 10.2 Å². The molecule has 0 fully saturated rings. The summed E-state index contributed by atoms with van der Waals surface area (Å²) < 4.78 is 0. The van der Waals surface area contributed by atoms with Gasteiger partial charge >= 0.3 is 5.97 Å². The first-order chi connectivity index (χ1) is 9.58. The fourth-order valence-corrected chi connectivity index (χ4v) is 2.50. The van der Waals surface area contributed by atoms with Crippen molar-refractivity contribution in [2.24, 2.45) is 0 Å². The molecule has 100 valence electrons. The Morgan fingerprint density at radius 1 is 1.15 bits per heavy atom. The zero-order valence-corrected chi connectivity index (χ0v) is 11.2. The number of nitriles is 1. The van der Waals surface area contributed by atoms with Gasteiger partial charge in [0.1, 0.15) is 5.75 Å². The maximum atomic E-state index is 10.6. The summed E-state index contributed by atoms with van der Waals surface area (Å²) in [6.45, 7) is 0. The third-order valence-electron chi connectivity index (χ3n) is 2.62. The van der Waals surface area contributed by atoms with E-state index in [9.17, 15) is 9.90 Å². The molecular formula is C15H11NO3S. The van der Waals surface area contributed by atoms with Gasteiger partial charge in [-0.3, -0.25) is 4.79 Å². The van der Waals surface area contributed by atoms with E-state index in [0.29, 0.717) is 11.1 Å². The fourth-order valence-electron chi connectivity index (χ4n) is 1.65. The number of carboxylic acid groups (broad SMARTS) is 1. The number of hydrogen-bond acceptors (Lipinski definition) is 4. The lowest BCUT2D eigenvalue weighted by atomic mass is 10.1. The minimum atomic E-state index is -0.979. The first-order valence-electron chi connectivity index (χ1n) is 5.80. The van der Waals surface area contributed by atoms with E-state index in [-0.39, 0.29) is 12.2 Å². The predicted molar refractivity (Wildman–Crippen MR) is 74.7 cm³/mol. The van der Waals surface area contributed by atoms with Gasteiger partial charge in [-0.15, -0.1) is 0 Å². The summed E-state index contributed by atoms with van der Waals surface area (Å²) >= 11 is 1.43. The predicted octanol–water partition coefficient (Wildman–Crippen LogP) is 3.04. The molecule has 0 aromatic heterocycles. The highest BCUT2D eigenvalue weighted by Crippen LogP contribution is 2.31. The number of carboxylic acids is 1. The number of phenolic OH excluding ortho intramolecular Hbond substituents is 1. The molecule has 0 aliphatic heterocycles. The average molecular weight is 285 g/mol. The Hall–Kier alpha value is -2.45. The Morgan fingerprint density at radius 3 is 2.35 bits per heavy atom. The number of aliphatic carboxylic acids is 1. The second kappa shape index (κ2) is 6.13. The molecule has 0 aliphatic rings. The lowest BCUT2D eigenvalue weighted by Gasteiger charge is -2.06. The zero-order valence-electron chi connectivity index (χ0n) is 10.4. The van der Waals surface area contributed by atoms with E-state index < -0.39 is 5.97 Å². The molecule has 5 heteroatoms. The Labute approximate surface area is 120 Å². The van der Waals surface area contributed by atoms with Crippen molar-refractivity contribution in [1.82, 2.24) is 0 Å². The third kappa shape index (κ3) is 3.53. The molecule has 0 radical (unpaired) electrons. The monoisotopic (exact) mass is 285 g/mol. The first-order valence-corrected chi connectivity index (χ1v) is 6.62. The summed E-state index contributed by atoms with van der Waals surface area (Å²) in [6, 6.07) is 14.1. The number of hydrogen-bond donors (Lipinski definition) is 2. The maximum Gasteiger partial charge on any atom is 0.307 e. The van der Waals surface area contributed by atoms with Crippen LogP contribution in [0.4, 0.5) is 0 Å². The smallest absolute Gasteiger partial charge is 0.307 e. The SMILES string of the molecule is N#Cc1ccc(Sc2ccc(CC(=O)O)c(O)c2)cc1. The Bertz CT molecular complexity index is 675. The Balaban J connectivity index is 2.15. The summed E-state index contributed by atoms with van der Waals surface area (Å²) in [5.74, 6) is -1.00. The summed E-state index contributed by atoms with van der Waals surface area (Å²) in [5, 5.41) is 27.2. The van der Waals surface area contributed by atoms with E-state index in [4.69, 9.17) is 10.4 Å². The molecule has 0 saturated carbocycles. The van der Waals surface area contributed by atoms with Gasteiger partial charge in [-0.1, -0.05) is 17.8 Å². The van der Waals surface area contributed by atoms with Crippen molar-refractivity contribution in [3.05, 3.63) is 53.6 Å². The van der Waals surface area contributed by atoms with Crippen LogP contribution in [0.15, 0.2) is 52.3 Å². The molecule has 0 aliphatic carbocycles. The lowest BCUT2D eigenvalue weighted by molar-refractivity contribution is -0.136. The second-order valence-electron chi connectivity index (χ2n) is 4.10. The van der Waals surface area contributed by atoms with Gasteiger partial charge in [0, 0.05) is 15.4 Å². The van der Waals surface area contributed by atoms with Crippen LogP contribution < -0.4 is 0 Å². The highest BCUT2D eigenvalue weighted by Gasteiger charge is 2.07. The van der Waals surface area contributed by atoms with E-state index in [1.807, 2.05) is 18.2 Å². The van der Waals surface area contributed by atoms with Crippen LogP contribution in [-0.2, 0) is 11.2 Å². The van der Waals surface area contributed by atoms with Crippen LogP contribution >= 0.6 is 11.8 Å². The van der Waals surface area contributed by atoms with E-state index in [1.165, 1.54) is 11.8 Å². The molecule has 0 amide bonds. The van der Waals surface area contributed by atoms with Crippen molar-refractivity contribution in [3.63, 3.8) is 0 Å². The molecule has 0 atom stereocenters. The largest absolute Gasteiger partial charge is 0.508 e. The van der Waals surface area contributed by atoms with Crippen molar-refractivity contribution < 1.29 is 15.0 Å². The molecule has 0 saturated heterocycles. The van der Waals surface area contributed by atoms with Gasteiger partial charge in [0.25, 0.3) is 0 Å². The van der Waals surface area contributed by atoms with Gasteiger partial charge in [-0.25, -0.2) is 0 Å². The van der Waals surface area contributed by atoms with E-state index in [1.54, 1.807) is 30.3 Å². The van der Waals surface area contributed by atoms with Crippen molar-refractivity contribution in [2.45, 2.75) is 16.2 Å². The Kier molecular flexibility index (Phi) is 4.28. The number of benzene rings is 2. The topological polar surface area (TPSA) is 81.3 Å². The normalized spacial score (nSPS) is 9.95. The summed E-state index contributed by atoms with van der Waals surface area (Å²) in [7, 11) is 0. The number of aromatic hydroxyl groups is 1. The molecule has 0 bridgehead atoms. The summed E-state index contributed by atoms with van der Waals surface area (Å²) in [6.07, 6.45) is -0.201. The molecule has 20 heavy (non-hydrogen) atoms. The molecule has 0 spiro atoms. The van der Waals surface area contributed by atoms with Crippen molar-refractivity contribution in [3.8, 4) is 11.8 Å². The second-order valence-corrected chi connectivity index (χ2v) is 5.25. The summed E-state index contributed by atoms with van der Waals surface area (Å²) in [4.78, 5) is 12.4. The van der Waals surface area contributed by atoms with Crippen LogP contribution in [0.5, 0.6) is 5.75 Å². The maximum absolute atomic E-state index is 10.6. The number of phenols is 1. The number of carbonyl (C=O) groups is 1. The van der Waals surface area contributed by atoms with Gasteiger partial charge in [0.2, 0.25) is 0 Å². The molecular weight excluding hydrogens is 274 g/mol. The summed E-state index contributed by atoms with van der Waals surface area (Å²) in [5.41, 5.74) is 0.982. The van der Waals surface area contributed by atoms with Crippen molar-refractivity contribution >= 4 is 17.7 Å². The van der Waals surface area contributed by atoms with Gasteiger partial charge in [-0.05, 0) is 36.4 Å². The van der Waals surface area contributed by atoms with Crippen LogP contribution in [0, 0.1) is 11.3 Å². The third-order valence-corrected chi connectivity index (χ3v) is 3.62. The molecule has 2 N–H and O–H groups in total. The van der Waals surface area contributed by atoms with Gasteiger partial charge in [-0.2, -0.15) is 5.26 Å². The molecule has 4 nitrogen and oxygen atoms in total. The highest BCUT2D eigenvalue weighted by molar-refractivity contribution is 7.99. The van der Waals surface area contributed by atoms with Crippen LogP contribution in [-0.4, -0.2) is 16.2 Å². The highest BCUT2D eigenvalue weighted by atomic mass is 32.2. The average Bonchev–Trinajstić information content (AvgIpc) is 2.42. The minimum Gasteiger partial charge on any atom is -0.508 e. The van der Waals surface area contributed by atoms with Crippen LogP contribution in [0.3, 0.4) is 0 Å². The van der Waals surface area contributed by atoms with Crippen LogP contribution in [0.25, 0.3) is 0 Å². The van der Waals surface area contributed by atoms with Crippen LogP contribution in [0.1, 0.15) is 11.1 Å². The minimum absolute atomic E-state index is 0.0222. The zero-order chi connectivity index (χ0) is 14.5. The standard InChI is InChI=1S/C15H11NO3S/c16-9-10-1-4-12(5-2-10)20-13-6-3-11(7-15(18)19)14(17)8-13/h1-6,8,17H,7H2,(H,18,19). The van der Waals surface area contributed by atoms with E-state index >= 15 is 0 Å². The molecule has 2 aromatic carbocycles. The molecule has 0 heterocycles. The van der Waals surface area contributed by atoms with Crippen molar-refractivity contribution in [2.75, 3.05) is 0 Å². The molecule has 2 rings (SSSR count). The molecule has 0 unspecified atom stereocenters. The van der Waals surface area contributed by atoms with Gasteiger partial charge in [0.15, 0.2) is 0 Å². The first kappa shape index (κ1) is 14.0. The quantitative estimate of drug-likeness (QED) is 0.902.